The summed E-state index contributed by atoms with van der Waals surface area (Å²) in [4.78, 5) is 29.5. The molecule has 9 rings (SSSR count). The van der Waals surface area contributed by atoms with Gasteiger partial charge in [0.2, 0.25) is 5.89 Å². The molecule has 0 aliphatic carbocycles. The molecule has 0 saturated heterocycles. The molecular weight excluding hydrogens is 605 g/mol. The van der Waals surface area contributed by atoms with Crippen molar-refractivity contribution in [3.05, 3.63) is 158 Å². The molecule has 0 saturated carbocycles. The second-order valence-corrected chi connectivity index (χ2v) is 11.6. The van der Waals surface area contributed by atoms with Crippen molar-refractivity contribution < 1.29 is 4.42 Å². The minimum Gasteiger partial charge on any atom is -0.436 e. The van der Waals surface area contributed by atoms with E-state index >= 15 is 0 Å². The van der Waals surface area contributed by atoms with Gasteiger partial charge in [0, 0.05) is 33.4 Å². The summed E-state index contributed by atoms with van der Waals surface area (Å²) in [5.74, 6) is 2.42. The summed E-state index contributed by atoms with van der Waals surface area (Å²) in [7, 11) is 0. The number of hydrogen-bond acceptors (Lipinski definition) is 7. The Labute approximate surface area is 281 Å². The topological polar surface area (TPSA) is 90.5 Å². The number of hydrogen-bond donors (Lipinski definition) is 0. The number of oxazole rings is 1. The van der Waals surface area contributed by atoms with Crippen molar-refractivity contribution in [2.75, 3.05) is 0 Å². The van der Waals surface area contributed by atoms with Gasteiger partial charge < -0.3 is 4.42 Å². The van der Waals surface area contributed by atoms with Gasteiger partial charge in [-0.25, -0.2) is 29.9 Å². The summed E-state index contributed by atoms with van der Waals surface area (Å²) < 4.78 is 6.01. The molecule has 0 amide bonds. The summed E-state index contributed by atoms with van der Waals surface area (Å²) in [6.07, 6.45) is 0. The third-order valence-corrected chi connectivity index (χ3v) is 8.39. The smallest absolute Gasteiger partial charge is 0.227 e. The van der Waals surface area contributed by atoms with Crippen LogP contribution in [0.5, 0.6) is 0 Å². The number of fused-ring (bicyclic) bond motifs is 2. The van der Waals surface area contributed by atoms with Gasteiger partial charge in [-0.1, -0.05) is 121 Å². The Bertz CT molecular complexity index is 2490. The zero-order valence-corrected chi connectivity index (χ0v) is 26.1. The molecule has 7 heteroatoms. The van der Waals surface area contributed by atoms with Crippen molar-refractivity contribution >= 4 is 22.1 Å². The van der Waals surface area contributed by atoms with Gasteiger partial charge in [0.25, 0.3) is 0 Å². The van der Waals surface area contributed by atoms with E-state index in [0.29, 0.717) is 23.4 Å². The van der Waals surface area contributed by atoms with Crippen molar-refractivity contribution in [3.8, 4) is 68.1 Å². The minimum atomic E-state index is 0.581. The first-order chi connectivity index (χ1) is 24.2. The summed E-state index contributed by atoms with van der Waals surface area (Å²) in [5.41, 5.74) is 10.3. The fourth-order valence-corrected chi connectivity index (χ4v) is 5.88. The molecule has 0 spiro atoms. The molecule has 230 valence electrons. The van der Waals surface area contributed by atoms with Gasteiger partial charge in [-0.3, -0.25) is 0 Å². The van der Waals surface area contributed by atoms with Gasteiger partial charge in [-0.15, -0.1) is 0 Å². The van der Waals surface area contributed by atoms with E-state index in [1.807, 2.05) is 146 Å². The van der Waals surface area contributed by atoms with Crippen LogP contribution in [0, 0.1) is 0 Å². The van der Waals surface area contributed by atoms with E-state index in [2.05, 4.69) is 17.1 Å². The molecule has 6 aromatic carbocycles. The van der Waals surface area contributed by atoms with Gasteiger partial charge in [0.1, 0.15) is 5.52 Å². The Kier molecular flexibility index (Phi) is 6.98. The highest BCUT2D eigenvalue weighted by molar-refractivity contribution is 5.87. The fourth-order valence-electron chi connectivity index (χ4n) is 5.88. The van der Waals surface area contributed by atoms with E-state index in [-0.39, 0.29) is 0 Å². The molecule has 3 aromatic heterocycles. The van der Waals surface area contributed by atoms with Crippen LogP contribution in [0.25, 0.3) is 90.3 Å². The quantitative estimate of drug-likeness (QED) is 0.181. The van der Waals surface area contributed by atoms with Crippen molar-refractivity contribution in [3.63, 3.8) is 0 Å². The largest absolute Gasteiger partial charge is 0.436 e. The van der Waals surface area contributed by atoms with E-state index in [4.69, 9.17) is 29.3 Å². The monoisotopic (exact) mass is 630 g/mol. The predicted molar refractivity (Wildman–Crippen MR) is 193 cm³/mol. The first-order valence-corrected chi connectivity index (χ1v) is 16.0. The van der Waals surface area contributed by atoms with Crippen LogP contribution < -0.4 is 0 Å². The number of nitrogens with zero attached hydrogens (tertiary/aromatic N) is 6. The van der Waals surface area contributed by atoms with Gasteiger partial charge in [-0.05, 0) is 36.4 Å². The van der Waals surface area contributed by atoms with Crippen LogP contribution in [0.4, 0.5) is 0 Å². The number of aromatic nitrogens is 6. The Balaban J connectivity index is 1.11. The number of para-hydroxylation sites is 4. The molecule has 9 aromatic rings. The first-order valence-electron chi connectivity index (χ1n) is 16.0. The third kappa shape index (κ3) is 5.49. The molecule has 0 atom stereocenters. The predicted octanol–water partition coefficient (Wildman–Crippen LogP) is 9.96. The molecule has 0 fully saturated rings. The molecule has 0 unspecified atom stereocenters. The lowest BCUT2D eigenvalue weighted by atomic mass is 10.0. The Morgan fingerprint density at radius 1 is 0.286 bits per heavy atom. The van der Waals surface area contributed by atoms with E-state index in [0.717, 1.165) is 66.9 Å². The number of benzene rings is 6. The van der Waals surface area contributed by atoms with Crippen molar-refractivity contribution in [1.29, 1.82) is 0 Å². The van der Waals surface area contributed by atoms with Crippen LogP contribution >= 0.6 is 0 Å². The molecule has 3 heterocycles. The minimum absolute atomic E-state index is 0.581. The highest BCUT2D eigenvalue weighted by atomic mass is 16.3. The van der Waals surface area contributed by atoms with E-state index < -0.39 is 0 Å². The Morgan fingerprint density at radius 3 is 1.16 bits per heavy atom. The number of rotatable bonds is 6. The normalized spacial score (nSPS) is 11.3. The molecule has 7 nitrogen and oxygen atoms in total. The molecule has 0 bridgehead atoms. The molecule has 49 heavy (non-hydrogen) atoms. The molecule has 0 aliphatic rings. The highest BCUT2D eigenvalue weighted by Crippen LogP contribution is 2.34. The van der Waals surface area contributed by atoms with Crippen molar-refractivity contribution in [2.24, 2.45) is 0 Å². The lowest BCUT2D eigenvalue weighted by Gasteiger charge is -2.12. The molecule has 0 aliphatic heterocycles. The van der Waals surface area contributed by atoms with E-state index in [1.165, 1.54) is 0 Å². The van der Waals surface area contributed by atoms with E-state index in [1.54, 1.807) is 0 Å². The Hall–Kier alpha value is -6.86. The zero-order chi connectivity index (χ0) is 32.6. The summed E-state index contributed by atoms with van der Waals surface area (Å²) in [6.45, 7) is 0. The van der Waals surface area contributed by atoms with Crippen molar-refractivity contribution in [2.45, 2.75) is 0 Å². The average Bonchev–Trinajstić information content (AvgIpc) is 3.63. The Morgan fingerprint density at radius 2 is 0.673 bits per heavy atom. The maximum absolute atomic E-state index is 6.01. The highest BCUT2D eigenvalue weighted by Gasteiger charge is 2.17. The maximum atomic E-state index is 6.01. The standard InChI is InChI=1S/C42H26N6O/c1-3-11-29(12-4-1)39-46-40(30-13-5-2-6-14-30)48-41(47-39)31-23-19-27(20-24-31)37-38(44-34-16-8-7-15-33(34)43-37)28-21-25-32(26-22-28)42-45-35-17-9-10-18-36(35)49-42/h1-26H. The SMILES string of the molecule is c1ccc(-c2nc(-c3ccccc3)nc(-c3ccc(-c4nc5ccccc5nc4-c4ccc(-c5nc6ccccc6o5)cc4)cc3)n2)cc1. The summed E-state index contributed by atoms with van der Waals surface area (Å²) in [6, 6.07) is 52.0. The summed E-state index contributed by atoms with van der Waals surface area (Å²) >= 11 is 0. The maximum Gasteiger partial charge on any atom is 0.227 e. The zero-order valence-electron chi connectivity index (χ0n) is 26.1. The molecular formula is C42H26N6O. The lowest BCUT2D eigenvalue weighted by Crippen LogP contribution is -2.00. The van der Waals surface area contributed by atoms with Crippen LogP contribution in [-0.2, 0) is 0 Å². The van der Waals surface area contributed by atoms with E-state index in [9.17, 15) is 0 Å². The van der Waals surface area contributed by atoms with Crippen LogP contribution in [0.1, 0.15) is 0 Å². The van der Waals surface area contributed by atoms with Gasteiger partial charge >= 0.3 is 0 Å². The van der Waals surface area contributed by atoms with Crippen molar-refractivity contribution in [1.82, 2.24) is 29.9 Å². The van der Waals surface area contributed by atoms with Gasteiger partial charge in [-0.2, -0.15) is 0 Å². The second-order valence-electron chi connectivity index (χ2n) is 11.6. The van der Waals surface area contributed by atoms with Gasteiger partial charge in [0.05, 0.1) is 22.4 Å². The molecule has 0 radical (unpaired) electrons. The lowest BCUT2D eigenvalue weighted by molar-refractivity contribution is 0.620. The first kappa shape index (κ1) is 28.4. The summed E-state index contributed by atoms with van der Waals surface area (Å²) in [5, 5.41) is 0. The van der Waals surface area contributed by atoms with Crippen LogP contribution in [0.2, 0.25) is 0 Å². The van der Waals surface area contributed by atoms with Crippen LogP contribution in [0.3, 0.4) is 0 Å². The third-order valence-electron chi connectivity index (χ3n) is 8.39. The fraction of sp³-hybridized carbons (Fsp3) is 0. The van der Waals surface area contributed by atoms with Crippen LogP contribution in [0.15, 0.2) is 162 Å². The second kappa shape index (κ2) is 12.1. The average molecular weight is 631 g/mol. The van der Waals surface area contributed by atoms with Crippen LogP contribution in [-0.4, -0.2) is 29.9 Å². The molecule has 0 N–H and O–H groups in total. The van der Waals surface area contributed by atoms with Gasteiger partial charge in [0.15, 0.2) is 23.1 Å².